The molecule has 2 aliphatic heterocycles. The topological polar surface area (TPSA) is 425 Å². The zero-order valence-corrected chi connectivity index (χ0v) is 29.1. The summed E-state index contributed by atoms with van der Waals surface area (Å²) in [4.78, 5) is 82.0. The average molecular weight is 816 g/mol. The van der Waals surface area contributed by atoms with E-state index in [0.717, 1.165) is 6.33 Å². The Morgan fingerprint density at radius 2 is 1.42 bits per heavy atom. The first kappa shape index (κ1) is 38.6. The number of hydrogen-bond acceptors (Lipinski definition) is 25. The van der Waals surface area contributed by atoms with Crippen molar-refractivity contribution >= 4 is 65.3 Å². The van der Waals surface area contributed by atoms with Crippen molar-refractivity contribution in [3.8, 4) is 0 Å². The summed E-state index contributed by atoms with van der Waals surface area (Å²) in [7, 11) is -25.0. The first-order valence-electron chi connectivity index (χ1n) is 14.2. The number of nitrogen functional groups attached to an aromatic ring is 2. The van der Waals surface area contributed by atoms with Gasteiger partial charge in [-0.2, -0.15) is 4.98 Å². The van der Waals surface area contributed by atoms with Crippen molar-refractivity contribution in [3.63, 3.8) is 0 Å². The number of aliphatic hydroxyl groups is 2. The third kappa shape index (κ3) is 8.65. The van der Waals surface area contributed by atoms with Crippen molar-refractivity contribution < 1.29 is 79.5 Å². The standard InChI is InChI=1S/C20H28N10O18P4/c21-15-13-17(24-5-23-15)30(7-26-13)19-10(32)1-8(44-19)3-42-49(34,35)46-51(38,39)48-52(40,41)47-50(36,37)43-4-11-9(31)2-12(45-11)29-6-25-14-16(22)27-20(33)28-18(14)29/h5-12,19,31-32H,1-4H2,(H,34,35)(H,36,37)(H,38,39)(H,40,41)(H2,21,23,24)(H3,22,27,28,33)/p-4/t8-,9+,10-,11?,12?,19+/m0/s1. The van der Waals surface area contributed by atoms with Crippen molar-refractivity contribution in [1.82, 2.24) is 39.0 Å². The molecule has 2 aliphatic rings. The first-order valence-corrected chi connectivity index (χ1v) is 20.1. The van der Waals surface area contributed by atoms with E-state index in [9.17, 15) is 52.8 Å². The molecule has 32 heteroatoms. The number of nitrogens with zero attached hydrogens (tertiary/aromatic N) is 7. The zero-order chi connectivity index (χ0) is 37.8. The highest BCUT2D eigenvalue weighted by Gasteiger charge is 2.39. The summed E-state index contributed by atoms with van der Waals surface area (Å²) in [6, 6.07) is 0. The van der Waals surface area contributed by atoms with Crippen molar-refractivity contribution in [1.29, 1.82) is 0 Å². The van der Waals surface area contributed by atoms with Crippen LogP contribution in [0.2, 0.25) is 0 Å². The smallest absolute Gasteiger partial charge is 0.348 e. The lowest BCUT2D eigenvalue weighted by Crippen LogP contribution is -2.27. The Labute approximate surface area is 287 Å². The summed E-state index contributed by atoms with van der Waals surface area (Å²) >= 11 is 0. The molecule has 6 unspecified atom stereocenters. The summed E-state index contributed by atoms with van der Waals surface area (Å²) in [6.45, 7) is -2.04. The van der Waals surface area contributed by atoms with Crippen LogP contribution in [0.1, 0.15) is 25.3 Å². The Morgan fingerprint density at radius 3 is 2.12 bits per heavy atom. The lowest BCUT2D eigenvalue weighted by atomic mass is 10.2. The van der Waals surface area contributed by atoms with Crippen molar-refractivity contribution in [2.24, 2.45) is 0 Å². The van der Waals surface area contributed by atoms with E-state index in [1.54, 1.807) is 0 Å². The number of nitrogens with two attached hydrogens (primary N) is 2. The molecule has 4 aromatic heterocycles. The summed E-state index contributed by atoms with van der Waals surface area (Å²) in [5, 5.41) is 20.8. The van der Waals surface area contributed by atoms with E-state index in [1.807, 2.05) is 0 Å². The number of hydrogen-bond donors (Lipinski definition) is 5. The number of imidazole rings is 2. The molecule has 0 bridgehead atoms. The van der Waals surface area contributed by atoms with Crippen molar-refractivity contribution in [2.75, 3.05) is 24.7 Å². The number of fused-ring (bicyclic) bond motifs is 2. The fourth-order valence-electron chi connectivity index (χ4n) is 5.13. The van der Waals surface area contributed by atoms with Gasteiger partial charge in [-0.1, -0.05) is 0 Å². The second-order valence-electron chi connectivity index (χ2n) is 10.9. The zero-order valence-electron chi connectivity index (χ0n) is 25.5. The molecule has 4 aromatic rings. The molecule has 0 saturated carbocycles. The van der Waals surface area contributed by atoms with Gasteiger partial charge in [-0.3, -0.25) is 32.4 Å². The van der Waals surface area contributed by atoms with Gasteiger partial charge < -0.3 is 59.8 Å². The third-order valence-electron chi connectivity index (χ3n) is 7.23. The van der Waals surface area contributed by atoms with Crippen LogP contribution >= 0.6 is 31.3 Å². The van der Waals surface area contributed by atoms with Gasteiger partial charge in [-0.25, -0.2) is 37.7 Å². The Morgan fingerprint density at radius 1 is 0.808 bits per heavy atom. The monoisotopic (exact) mass is 816 g/mol. The van der Waals surface area contributed by atoms with E-state index in [-0.39, 0.29) is 46.8 Å². The second-order valence-corrected chi connectivity index (χ2v) is 16.9. The number of anilines is 2. The van der Waals surface area contributed by atoms with Crippen LogP contribution in [-0.2, 0) is 49.7 Å². The maximum Gasteiger partial charge on any atom is 0.348 e. The average Bonchev–Trinajstić information content (AvgIpc) is 3.78. The molecule has 0 aliphatic carbocycles. The Hall–Kier alpha value is -3.10. The minimum Gasteiger partial charge on any atom is -0.756 e. The number of aliphatic hydroxyl groups excluding tert-OH is 2. The molecule has 28 nitrogen and oxygen atoms in total. The van der Waals surface area contributed by atoms with E-state index in [4.69, 9.17) is 20.9 Å². The molecule has 0 spiro atoms. The number of aromatic amines is 1. The minimum atomic E-state index is -6.52. The molecule has 7 N–H and O–H groups in total. The van der Waals surface area contributed by atoms with Crippen LogP contribution in [0.5, 0.6) is 0 Å². The Kier molecular flexibility index (Phi) is 10.6. The number of phosphoric acid groups is 4. The number of rotatable bonds is 14. The molecular weight excluding hydrogens is 792 g/mol. The van der Waals surface area contributed by atoms with Gasteiger partial charge in [0.2, 0.25) is 0 Å². The van der Waals surface area contributed by atoms with Gasteiger partial charge in [0.05, 0.1) is 38.1 Å². The van der Waals surface area contributed by atoms with Crippen LogP contribution in [0, 0.1) is 0 Å². The van der Waals surface area contributed by atoms with E-state index < -0.39 is 87.1 Å². The SMILES string of the molecule is Nc1[nH]c(=O)nc2c1ncn2C1C[C@@H](O)C(COP(=O)([O-])OP(=O)([O-])OP(=O)([O-])OP(=O)([O-])OC[C@@H]2C[C@H](O)[C@H](n3cnc4c(N)ncnc43)O2)O1. The maximum atomic E-state index is 12.2. The van der Waals surface area contributed by atoms with E-state index in [2.05, 4.69) is 51.9 Å². The molecule has 0 amide bonds. The van der Waals surface area contributed by atoms with Crippen LogP contribution in [0.15, 0.2) is 23.8 Å². The molecular formula is C20H24N10O18P4-4. The summed E-state index contributed by atoms with van der Waals surface area (Å²) in [5.41, 5.74) is 11.0. The molecule has 2 saturated heterocycles. The predicted octanol–water partition coefficient (Wildman–Crippen LogP) is -3.62. The van der Waals surface area contributed by atoms with Gasteiger partial charge in [0.15, 0.2) is 23.3 Å². The lowest BCUT2D eigenvalue weighted by molar-refractivity contribution is -0.255. The van der Waals surface area contributed by atoms with Crippen LogP contribution in [0.4, 0.5) is 11.6 Å². The van der Waals surface area contributed by atoms with Crippen LogP contribution in [-0.4, -0.2) is 86.9 Å². The highest BCUT2D eigenvalue weighted by atomic mass is 31.3. The number of aromatic nitrogens is 8. The van der Waals surface area contributed by atoms with Gasteiger partial charge in [-0.05, 0) is 0 Å². The number of H-pyrrole nitrogens is 1. The van der Waals surface area contributed by atoms with E-state index in [0.29, 0.717) is 0 Å². The van der Waals surface area contributed by atoms with E-state index >= 15 is 0 Å². The molecule has 10 atom stereocenters. The van der Waals surface area contributed by atoms with Gasteiger partial charge in [0, 0.05) is 12.8 Å². The summed E-state index contributed by atoms with van der Waals surface area (Å²) < 4.78 is 81.9. The summed E-state index contributed by atoms with van der Waals surface area (Å²) in [5.74, 6) is -0.0844. The van der Waals surface area contributed by atoms with Gasteiger partial charge in [0.25, 0.3) is 31.3 Å². The molecule has 52 heavy (non-hydrogen) atoms. The number of phosphoric ester groups is 2. The highest BCUT2D eigenvalue weighted by molar-refractivity contribution is 7.68. The quantitative estimate of drug-likeness (QED) is 0.0767. The van der Waals surface area contributed by atoms with Gasteiger partial charge >= 0.3 is 5.69 Å². The van der Waals surface area contributed by atoms with Crippen LogP contribution in [0.3, 0.4) is 0 Å². The van der Waals surface area contributed by atoms with Crippen molar-refractivity contribution in [3.05, 3.63) is 29.5 Å². The molecule has 6 rings (SSSR count). The van der Waals surface area contributed by atoms with E-state index in [1.165, 1.54) is 21.8 Å². The highest BCUT2D eigenvalue weighted by Crippen LogP contribution is 2.66. The molecule has 2 fully saturated rings. The third-order valence-corrected chi connectivity index (χ3v) is 13.0. The molecule has 6 heterocycles. The van der Waals surface area contributed by atoms with Gasteiger partial charge in [0.1, 0.15) is 41.6 Å². The fourth-order valence-corrected chi connectivity index (χ4v) is 9.90. The minimum absolute atomic E-state index is 0.0300. The van der Waals surface area contributed by atoms with Crippen LogP contribution < -0.4 is 36.7 Å². The fraction of sp³-hybridized carbons (Fsp3) is 0.500. The van der Waals surface area contributed by atoms with Gasteiger partial charge in [-0.15, -0.1) is 0 Å². The molecule has 0 aromatic carbocycles. The predicted molar refractivity (Wildman–Crippen MR) is 157 cm³/mol. The largest absolute Gasteiger partial charge is 0.756 e. The number of nitrogens with one attached hydrogen (secondary N) is 1. The lowest BCUT2D eigenvalue weighted by Gasteiger charge is -2.36. The Balaban J connectivity index is 0.992. The first-order chi connectivity index (χ1) is 24.2. The Bertz CT molecular complexity index is 2230. The maximum absolute atomic E-state index is 12.2. The summed E-state index contributed by atoms with van der Waals surface area (Å²) in [6.07, 6.45) is -4.61. The van der Waals surface area contributed by atoms with Crippen LogP contribution in [0.25, 0.3) is 22.3 Å². The molecule has 0 radical (unpaired) electrons. The molecule has 286 valence electrons. The van der Waals surface area contributed by atoms with Crippen molar-refractivity contribution in [2.45, 2.75) is 49.7 Å². The normalized spacial score (nSPS) is 28.4. The number of ether oxygens (including phenoxy) is 2. The second kappa shape index (κ2) is 14.3.